The maximum absolute atomic E-state index is 12.3. The van der Waals surface area contributed by atoms with Crippen LogP contribution in [0.3, 0.4) is 0 Å². The summed E-state index contributed by atoms with van der Waals surface area (Å²) in [6.07, 6.45) is 5.21. The van der Waals surface area contributed by atoms with Gasteiger partial charge in [0.15, 0.2) is 0 Å². The molecule has 0 bridgehead atoms. The van der Waals surface area contributed by atoms with E-state index in [1.165, 1.54) is 12.4 Å². The molecule has 2 aromatic heterocycles. The van der Waals surface area contributed by atoms with Crippen LogP contribution in [0, 0.1) is 0 Å². The van der Waals surface area contributed by atoms with Gasteiger partial charge < -0.3 is 9.64 Å². The maximum Gasteiger partial charge on any atom is 0.255 e. The van der Waals surface area contributed by atoms with Crippen LogP contribution in [0.5, 0.6) is 0 Å². The Balaban J connectivity index is 2.04. The quantitative estimate of drug-likeness (QED) is 0.833. The van der Waals surface area contributed by atoms with E-state index in [0.717, 1.165) is 19.4 Å². The lowest BCUT2D eigenvalue weighted by Gasteiger charge is -2.26. The van der Waals surface area contributed by atoms with Crippen LogP contribution in [0.2, 0.25) is 0 Å². The van der Waals surface area contributed by atoms with E-state index in [-0.39, 0.29) is 11.6 Å². The molecule has 1 aliphatic rings. The minimum absolute atomic E-state index is 0.0957. The lowest BCUT2D eigenvalue weighted by atomic mass is 10.2. The Hall–Kier alpha value is -2.28. The highest BCUT2D eigenvalue weighted by molar-refractivity contribution is 5.55. The molecule has 0 unspecified atom stereocenters. The van der Waals surface area contributed by atoms with Gasteiger partial charge in [-0.15, -0.1) is 0 Å². The third-order valence-electron chi connectivity index (χ3n) is 3.95. The first-order valence-electron chi connectivity index (χ1n) is 7.30. The smallest absolute Gasteiger partial charge is 0.255 e. The molecule has 0 amide bonds. The number of rotatable bonds is 4. The normalized spacial score (nSPS) is 17.9. The van der Waals surface area contributed by atoms with Crippen LogP contribution in [0.25, 0.3) is 11.4 Å². The van der Waals surface area contributed by atoms with E-state index in [2.05, 4.69) is 19.9 Å². The Morgan fingerprint density at radius 3 is 3.00 bits per heavy atom. The van der Waals surface area contributed by atoms with Crippen molar-refractivity contribution < 1.29 is 4.74 Å². The van der Waals surface area contributed by atoms with Crippen molar-refractivity contribution in [2.45, 2.75) is 18.9 Å². The first-order valence-corrected chi connectivity index (χ1v) is 7.30. The predicted octanol–water partition coefficient (Wildman–Crippen LogP) is 0.852. The molecule has 1 aliphatic heterocycles. The van der Waals surface area contributed by atoms with E-state index in [0.29, 0.717) is 23.9 Å². The van der Waals surface area contributed by atoms with Gasteiger partial charge in [-0.25, -0.2) is 15.0 Å². The lowest BCUT2D eigenvalue weighted by Crippen LogP contribution is -2.37. The fraction of sp³-hybridized carbons (Fsp3) is 0.467. The van der Waals surface area contributed by atoms with Crippen LogP contribution in [0.4, 0.5) is 5.95 Å². The predicted molar refractivity (Wildman–Crippen MR) is 82.7 cm³/mol. The molecule has 7 heteroatoms. The molecular formula is C15H19N5O2. The number of ether oxygens (including phenoxy) is 1. The molecule has 1 atom stereocenters. The third-order valence-corrected chi connectivity index (χ3v) is 3.95. The number of aromatic nitrogens is 4. The minimum Gasteiger partial charge on any atom is -0.383 e. The Kier molecular flexibility index (Phi) is 4.15. The number of anilines is 1. The van der Waals surface area contributed by atoms with Crippen molar-refractivity contribution in [3.05, 3.63) is 35.0 Å². The number of hydrogen-bond donors (Lipinski definition) is 0. The number of hydrogen-bond acceptors (Lipinski definition) is 6. The van der Waals surface area contributed by atoms with Gasteiger partial charge in [0.1, 0.15) is 6.33 Å². The second-order valence-corrected chi connectivity index (χ2v) is 5.38. The molecule has 0 radical (unpaired) electrons. The van der Waals surface area contributed by atoms with Gasteiger partial charge in [0.05, 0.1) is 24.0 Å². The summed E-state index contributed by atoms with van der Waals surface area (Å²) < 4.78 is 6.87. The topological polar surface area (TPSA) is 73.1 Å². The summed E-state index contributed by atoms with van der Waals surface area (Å²) in [7, 11) is 3.44. The van der Waals surface area contributed by atoms with Crippen LogP contribution in [-0.2, 0) is 11.8 Å². The van der Waals surface area contributed by atoms with E-state index in [4.69, 9.17) is 4.74 Å². The van der Waals surface area contributed by atoms with Gasteiger partial charge in [0, 0.05) is 33.0 Å². The standard InChI is InChI=1S/C15H19N5O2/c1-19-14(21)8-13(12-5-6-16-10-17-12)18-15(19)20-7-3-4-11(20)9-22-2/h5-6,8,10-11H,3-4,7,9H2,1-2H3/t11-/m0/s1. The molecule has 3 heterocycles. The van der Waals surface area contributed by atoms with Crippen molar-refractivity contribution in [3.63, 3.8) is 0 Å². The van der Waals surface area contributed by atoms with E-state index in [1.807, 2.05) is 0 Å². The largest absolute Gasteiger partial charge is 0.383 e. The van der Waals surface area contributed by atoms with Crippen molar-refractivity contribution >= 4 is 5.95 Å². The van der Waals surface area contributed by atoms with Crippen LogP contribution in [0.15, 0.2) is 29.5 Å². The zero-order valence-electron chi connectivity index (χ0n) is 12.8. The minimum atomic E-state index is -0.0957. The third kappa shape index (κ3) is 2.71. The maximum atomic E-state index is 12.3. The fourth-order valence-corrected chi connectivity index (χ4v) is 2.82. The molecule has 3 rings (SSSR count). The average molecular weight is 301 g/mol. The summed E-state index contributed by atoms with van der Waals surface area (Å²) in [4.78, 5) is 27.2. The molecule has 1 fully saturated rings. The monoisotopic (exact) mass is 301 g/mol. The summed E-state index contributed by atoms with van der Waals surface area (Å²) in [5.41, 5.74) is 1.13. The van der Waals surface area contributed by atoms with Gasteiger partial charge in [0.25, 0.3) is 5.56 Å². The summed E-state index contributed by atoms with van der Waals surface area (Å²) in [6, 6.07) is 3.51. The Bertz CT molecular complexity index is 701. The molecule has 0 N–H and O–H groups in total. The molecule has 2 aromatic rings. The first-order chi connectivity index (χ1) is 10.7. The van der Waals surface area contributed by atoms with E-state index < -0.39 is 0 Å². The van der Waals surface area contributed by atoms with Gasteiger partial charge in [-0.2, -0.15) is 0 Å². The van der Waals surface area contributed by atoms with Gasteiger partial charge >= 0.3 is 0 Å². The summed E-state index contributed by atoms with van der Waals surface area (Å²) in [5, 5.41) is 0. The molecule has 0 spiro atoms. The Morgan fingerprint density at radius 1 is 1.41 bits per heavy atom. The molecule has 1 saturated heterocycles. The highest BCUT2D eigenvalue weighted by atomic mass is 16.5. The molecule has 0 saturated carbocycles. The summed E-state index contributed by atoms with van der Waals surface area (Å²) in [5.74, 6) is 0.667. The van der Waals surface area contributed by atoms with E-state index in [9.17, 15) is 4.79 Å². The Labute approximate surface area is 128 Å². The number of methoxy groups -OCH3 is 1. The molecule has 0 aromatic carbocycles. The second kappa shape index (κ2) is 6.23. The first kappa shape index (κ1) is 14.6. The molecule has 0 aliphatic carbocycles. The van der Waals surface area contributed by atoms with Crippen LogP contribution >= 0.6 is 0 Å². The van der Waals surface area contributed by atoms with Crippen LogP contribution in [0.1, 0.15) is 12.8 Å². The zero-order chi connectivity index (χ0) is 15.5. The van der Waals surface area contributed by atoms with Crippen molar-refractivity contribution in [3.8, 4) is 11.4 Å². The van der Waals surface area contributed by atoms with Crippen molar-refractivity contribution in [2.24, 2.45) is 7.05 Å². The second-order valence-electron chi connectivity index (χ2n) is 5.38. The Morgan fingerprint density at radius 2 is 2.27 bits per heavy atom. The van der Waals surface area contributed by atoms with Gasteiger partial charge in [-0.1, -0.05) is 0 Å². The van der Waals surface area contributed by atoms with Crippen molar-refractivity contribution in [1.29, 1.82) is 0 Å². The van der Waals surface area contributed by atoms with Crippen LogP contribution in [-0.4, -0.2) is 45.8 Å². The lowest BCUT2D eigenvalue weighted by molar-refractivity contribution is 0.180. The van der Waals surface area contributed by atoms with E-state index >= 15 is 0 Å². The highest BCUT2D eigenvalue weighted by Gasteiger charge is 2.27. The van der Waals surface area contributed by atoms with Crippen LogP contribution < -0.4 is 10.5 Å². The summed E-state index contributed by atoms with van der Waals surface area (Å²) >= 11 is 0. The van der Waals surface area contributed by atoms with E-state index in [1.54, 1.807) is 31.0 Å². The molecule has 7 nitrogen and oxygen atoms in total. The van der Waals surface area contributed by atoms with Gasteiger partial charge in [0.2, 0.25) is 5.95 Å². The SMILES string of the molecule is COC[C@@H]1CCCN1c1nc(-c2ccncn2)cc(=O)n1C. The van der Waals surface area contributed by atoms with Crippen molar-refractivity contribution in [2.75, 3.05) is 25.2 Å². The molecular weight excluding hydrogens is 282 g/mol. The highest BCUT2D eigenvalue weighted by Crippen LogP contribution is 2.24. The average Bonchev–Trinajstić information content (AvgIpc) is 2.99. The molecule has 116 valence electrons. The fourth-order valence-electron chi connectivity index (χ4n) is 2.82. The van der Waals surface area contributed by atoms with Gasteiger partial charge in [-0.3, -0.25) is 9.36 Å². The summed E-state index contributed by atoms with van der Waals surface area (Å²) in [6.45, 7) is 1.51. The van der Waals surface area contributed by atoms with Gasteiger partial charge in [-0.05, 0) is 18.9 Å². The zero-order valence-corrected chi connectivity index (χ0v) is 12.8. The number of nitrogens with zero attached hydrogens (tertiary/aromatic N) is 5. The van der Waals surface area contributed by atoms with Crippen molar-refractivity contribution in [1.82, 2.24) is 19.5 Å². The molecule has 22 heavy (non-hydrogen) atoms.